The normalized spacial score (nSPS) is 17.0. The summed E-state index contributed by atoms with van der Waals surface area (Å²) in [7, 11) is -3.00. The summed E-state index contributed by atoms with van der Waals surface area (Å²) in [5, 5.41) is 11.6. The third-order valence-corrected chi connectivity index (χ3v) is 5.10. The number of hydrogen-bond acceptors (Lipinski definition) is 4. The van der Waals surface area contributed by atoms with E-state index in [4.69, 9.17) is 5.11 Å². The van der Waals surface area contributed by atoms with Crippen molar-refractivity contribution in [2.24, 2.45) is 0 Å². The fraction of sp³-hybridized carbons (Fsp3) is 0.429. The zero-order valence-electron chi connectivity index (χ0n) is 12.0. The van der Waals surface area contributed by atoms with E-state index in [9.17, 15) is 18.0 Å². The number of nitrogens with zero attached hydrogens (tertiary/aromatic N) is 1. The number of carboxylic acid groups (broad SMARTS) is 1. The van der Waals surface area contributed by atoms with Crippen molar-refractivity contribution >= 4 is 21.8 Å². The van der Waals surface area contributed by atoms with Crippen molar-refractivity contribution in [3.8, 4) is 0 Å². The second-order valence-corrected chi connectivity index (χ2v) is 7.43. The highest BCUT2D eigenvalue weighted by Gasteiger charge is 2.24. The Hall–Kier alpha value is -2.09. The Morgan fingerprint density at radius 1 is 1.23 bits per heavy atom. The standard InChI is InChI=1S/C14H18N2O5S/c17-13(18)12-3-1-2-11(10-12)4-5-15-14(19)16-6-8-22(20,21)9-7-16/h1-3,10H,4-9H2,(H,15,19)(H,17,18). The van der Waals surface area contributed by atoms with Crippen molar-refractivity contribution in [1.29, 1.82) is 0 Å². The number of benzene rings is 1. The van der Waals surface area contributed by atoms with E-state index in [0.717, 1.165) is 5.56 Å². The van der Waals surface area contributed by atoms with Crippen LogP contribution in [0, 0.1) is 0 Å². The molecule has 1 aliphatic heterocycles. The maximum Gasteiger partial charge on any atom is 0.335 e. The predicted molar refractivity (Wildman–Crippen MR) is 80.7 cm³/mol. The van der Waals surface area contributed by atoms with Crippen LogP contribution in [0.25, 0.3) is 0 Å². The molecule has 120 valence electrons. The first-order valence-corrected chi connectivity index (χ1v) is 8.75. The average Bonchev–Trinajstić information content (AvgIpc) is 2.47. The van der Waals surface area contributed by atoms with Crippen LogP contribution in [0.5, 0.6) is 0 Å². The molecule has 0 spiro atoms. The number of carboxylic acids is 1. The van der Waals surface area contributed by atoms with Crippen LogP contribution in [0.15, 0.2) is 24.3 Å². The second kappa shape index (κ2) is 6.78. The number of carbonyl (C=O) groups excluding carboxylic acids is 1. The Bertz CT molecular complexity index is 658. The zero-order chi connectivity index (χ0) is 16.2. The van der Waals surface area contributed by atoms with Gasteiger partial charge in [-0.2, -0.15) is 0 Å². The number of amides is 2. The average molecular weight is 326 g/mol. The first kappa shape index (κ1) is 16.3. The van der Waals surface area contributed by atoms with Crippen LogP contribution >= 0.6 is 0 Å². The molecule has 1 fully saturated rings. The molecule has 0 unspecified atom stereocenters. The molecule has 1 saturated heterocycles. The number of carbonyl (C=O) groups is 2. The minimum absolute atomic E-state index is 0.00107. The number of aromatic carboxylic acids is 1. The van der Waals surface area contributed by atoms with Crippen LogP contribution in [0.4, 0.5) is 4.79 Å². The molecule has 22 heavy (non-hydrogen) atoms. The number of rotatable bonds is 4. The largest absolute Gasteiger partial charge is 0.478 e. The van der Waals surface area contributed by atoms with Crippen molar-refractivity contribution in [2.75, 3.05) is 31.1 Å². The third-order valence-electron chi connectivity index (χ3n) is 3.50. The first-order chi connectivity index (χ1) is 10.4. The van der Waals surface area contributed by atoms with E-state index in [1.54, 1.807) is 18.2 Å². The summed E-state index contributed by atoms with van der Waals surface area (Å²) in [4.78, 5) is 24.2. The van der Waals surface area contributed by atoms with Crippen LogP contribution in [-0.4, -0.2) is 61.6 Å². The van der Waals surface area contributed by atoms with Gasteiger partial charge in [0, 0.05) is 19.6 Å². The van der Waals surface area contributed by atoms with E-state index in [1.165, 1.54) is 11.0 Å². The van der Waals surface area contributed by atoms with Gasteiger partial charge in [-0.25, -0.2) is 18.0 Å². The van der Waals surface area contributed by atoms with E-state index in [0.29, 0.717) is 13.0 Å². The minimum atomic E-state index is -3.00. The third kappa shape index (κ3) is 4.45. The summed E-state index contributed by atoms with van der Waals surface area (Å²) in [6, 6.07) is 6.26. The summed E-state index contributed by atoms with van der Waals surface area (Å²) in [6.07, 6.45) is 0.513. The van der Waals surface area contributed by atoms with Gasteiger partial charge >= 0.3 is 12.0 Å². The smallest absolute Gasteiger partial charge is 0.335 e. The monoisotopic (exact) mass is 326 g/mol. The van der Waals surface area contributed by atoms with Crippen LogP contribution in [0.3, 0.4) is 0 Å². The van der Waals surface area contributed by atoms with E-state index in [2.05, 4.69) is 5.32 Å². The Labute approximate surface area is 128 Å². The van der Waals surface area contributed by atoms with Crippen molar-refractivity contribution in [3.63, 3.8) is 0 Å². The lowest BCUT2D eigenvalue weighted by Crippen LogP contribution is -2.48. The minimum Gasteiger partial charge on any atom is -0.478 e. The lowest BCUT2D eigenvalue weighted by atomic mass is 10.1. The molecule has 1 aliphatic rings. The Morgan fingerprint density at radius 3 is 2.55 bits per heavy atom. The van der Waals surface area contributed by atoms with Crippen LogP contribution in [0.2, 0.25) is 0 Å². The molecular formula is C14H18N2O5S. The quantitative estimate of drug-likeness (QED) is 0.832. The van der Waals surface area contributed by atoms with Gasteiger partial charge in [-0.1, -0.05) is 12.1 Å². The fourth-order valence-electron chi connectivity index (χ4n) is 2.20. The van der Waals surface area contributed by atoms with Gasteiger partial charge in [-0.05, 0) is 24.1 Å². The number of hydrogen-bond donors (Lipinski definition) is 2. The molecule has 2 N–H and O–H groups in total. The highest BCUT2D eigenvalue weighted by atomic mass is 32.2. The van der Waals surface area contributed by atoms with Gasteiger partial charge < -0.3 is 15.3 Å². The van der Waals surface area contributed by atoms with Crippen LogP contribution in [0.1, 0.15) is 15.9 Å². The summed E-state index contributed by atoms with van der Waals surface area (Å²) < 4.78 is 22.6. The van der Waals surface area contributed by atoms with Gasteiger partial charge in [-0.15, -0.1) is 0 Å². The molecule has 0 atom stereocenters. The highest BCUT2D eigenvalue weighted by Crippen LogP contribution is 2.06. The Morgan fingerprint density at radius 2 is 1.91 bits per heavy atom. The molecule has 1 heterocycles. The summed E-state index contributed by atoms with van der Waals surface area (Å²) in [5.41, 5.74) is 1.03. The van der Waals surface area contributed by atoms with Crippen molar-refractivity contribution < 1.29 is 23.1 Å². The van der Waals surface area contributed by atoms with Crippen molar-refractivity contribution in [3.05, 3.63) is 35.4 Å². The van der Waals surface area contributed by atoms with Gasteiger partial charge in [0.15, 0.2) is 9.84 Å². The van der Waals surface area contributed by atoms with Crippen LogP contribution in [-0.2, 0) is 16.3 Å². The van der Waals surface area contributed by atoms with Gasteiger partial charge in [0.2, 0.25) is 0 Å². The summed E-state index contributed by atoms with van der Waals surface area (Å²) in [6.45, 7) is 0.788. The summed E-state index contributed by atoms with van der Waals surface area (Å²) >= 11 is 0. The molecule has 7 nitrogen and oxygen atoms in total. The number of nitrogens with one attached hydrogen (secondary N) is 1. The SMILES string of the molecule is O=C(O)c1cccc(CCNC(=O)N2CCS(=O)(=O)CC2)c1. The molecular weight excluding hydrogens is 308 g/mol. The van der Waals surface area contributed by atoms with Gasteiger partial charge in [0.25, 0.3) is 0 Å². The van der Waals surface area contributed by atoms with E-state index in [-0.39, 0.29) is 36.2 Å². The Balaban J connectivity index is 1.80. The maximum absolute atomic E-state index is 11.9. The molecule has 0 aliphatic carbocycles. The molecule has 0 aromatic heterocycles. The van der Waals surface area contributed by atoms with Gasteiger partial charge in [0.05, 0.1) is 17.1 Å². The van der Waals surface area contributed by atoms with Gasteiger partial charge in [-0.3, -0.25) is 0 Å². The highest BCUT2D eigenvalue weighted by molar-refractivity contribution is 7.91. The molecule has 0 radical (unpaired) electrons. The van der Waals surface area contributed by atoms with Crippen molar-refractivity contribution in [2.45, 2.75) is 6.42 Å². The summed E-state index contributed by atoms with van der Waals surface area (Å²) in [5.74, 6) is -0.984. The van der Waals surface area contributed by atoms with E-state index in [1.807, 2.05) is 0 Å². The first-order valence-electron chi connectivity index (χ1n) is 6.93. The molecule has 0 saturated carbocycles. The molecule has 1 aromatic rings. The molecule has 2 amide bonds. The maximum atomic E-state index is 11.9. The zero-order valence-corrected chi connectivity index (χ0v) is 12.8. The Kier molecular flexibility index (Phi) is 5.02. The van der Waals surface area contributed by atoms with E-state index < -0.39 is 15.8 Å². The van der Waals surface area contributed by atoms with Gasteiger partial charge in [0.1, 0.15) is 0 Å². The van der Waals surface area contributed by atoms with Crippen molar-refractivity contribution in [1.82, 2.24) is 10.2 Å². The number of urea groups is 1. The molecule has 8 heteroatoms. The second-order valence-electron chi connectivity index (χ2n) is 5.13. The lowest BCUT2D eigenvalue weighted by Gasteiger charge is -2.26. The number of sulfone groups is 1. The topological polar surface area (TPSA) is 104 Å². The predicted octanol–water partition coefficient (Wildman–Crippen LogP) is 0.367. The molecule has 1 aromatic carbocycles. The lowest BCUT2D eigenvalue weighted by molar-refractivity contribution is 0.0696. The van der Waals surface area contributed by atoms with Crippen LogP contribution < -0.4 is 5.32 Å². The molecule has 0 bridgehead atoms. The molecule has 2 rings (SSSR count). The fourth-order valence-corrected chi connectivity index (χ4v) is 3.40. The van der Waals surface area contributed by atoms with E-state index >= 15 is 0 Å².